The molecule has 17 heavy (non-hydrogen) atoms. The van der Waals surface area contributed by atoms with Crippen LogP contribution in [0.2, 0.25) is 5.15 Å². The van der Waals surface area contributed by atoms with Crippen LogP contribution in [0.4, 0.5) is 13.2 Å². The SMILES string of the molecule is COc1cc2nc(Cl)c(C(F)(F)F)nc2cn1. The Morgan fingerprint density at radius 3 is 2.53 bits per heavy atom. The van der Waals surface area contributed by atoms with Crippen molar-refractivity contribution in [2.75, 3.05) is 7.11 Å². The molecule has 0 bridgehead atoms. The lowest BCUT2D eigenvalue weighted by Crippen LogP contribution is -2.10. The summed E-state index contributed by atoms with van der Waals surface area (Å²) in [6, 6.07) is 1.36. The molecule has 0 fully saturated rings. The minimum absolute atomic E-state index is 0.00234. The van der Waals surface area contributed by atoms with Gasteiger partial charge < -0.3 is 4.74 Å². The molecule has 8 heteroatoms. The third-order valence-electron chi connectivity index (χ3n) is 1.96. The summed E-state index contributed by atoms with van der Waals surface area (Å²) in [5.41, 5.74) is -1.03. The van der Waals surface area contributed by atoms with Crippen LogP contribution in [-0.4, -0.2) is 22.1 Å². The number of rotatable bonds is 1. The maximum atomic E-state index is 12.5. The number of aromatic nitrogens is 3. The molecule has 0 radical (unpaired) electrons. The second-order valence-electron chi connectivity index (χ2n) is 3.08. The summed E-state index contributed by atoms with van der Waals surface area (Å²) in [6.07, 6.45) is -3.50. The van der Waals surface area contributed by atoms with Gasteiger partial charge in [-0.25, -0.2) is 15.0 Å². The van der Waals surface area contributed by atoms with E-state index in [1.165, 1.54) is 13.2 Å². The lowest BCUT2D eigenvalue weighted by atomic mass is 10.3. The first-order valence-electron chi connectivity index (χ1n) is 4.36. The van der Waals surface area contributed by atoms with Crippen LogP contribution in [0.25, 0.3) is 11.0 Å². The fraction of sp³-hybridized carbons (Fsp3) is 0.222. The van der Waals surface area contributed by atoms with Crippen molar-refractivity contribution in [3.63, 3.8) is 0 Å². The van der Waals surface area contributed by atoms with Gasteiger partial charge in [-0.1, -0.05) is 11.6 Å². The predicted octanol–water partition coefficient (Wildman–Crippen LogP) is 2.71. The first kappa shape index (κ1) is 11.8. The lowest BCUT2D eigenvalue weighted by molar-refractivity contribution is -0.141. The summed E-state index contributed by atoms with van der Waals surface area (Å²) in [7, 11) is 1.38. The highest BCUT2D eigenvalue weighted by atomic mass is 35.5. The van der Waals surface area contributed by atoms with Crippen LogP contribution in [0.5, 0.6) is 5.88 Å². The molecule has 0 aliphatic heterocycles. The van der Waals surface area contributed by atoms with Crippen molar-refractivity contribution in [3.05, 3.63) is 23.1 Å². The molecule has 0 saturated heterocycles. The van der Waals surface area contributed by atoms with Gasteiger partial charge in [0, 0.05) is 6.07 Å². The monoisotopic (exact) mass is 263 g/mol. The van der Waals surface area contributed by atoms with Gasteiger partial charge in [0.25, 0.3) is 0 Å². The van der Waals surface area contributed by atoms with Crippen molar-refractivity contribution >= 4 is 22.6 Å². The van der Waals surface area contributed by atoms with Crippen LogP contribution in [-0.2, 0) is 6.18 Å². The van der Waals surface area contributed by atoms with Crippen LogP contribution >= 0.6 is 11.6 Å². The molecule has 0 saturated carbocycles. The fourth-order valence-electron chi connectivity index (χ4n) is 1.21. The average Bonchev–Trinajstić information content (AvgIpc) is 2.25. The maximum Gasteiger partial charge on any atom is 0.436 e. The Labute approximate surface area is 98.4 Å². The Balaban J connectivity index is 2.66. The number of fused-ring (bicyclic) bond motifs is 1. The van der Waals surface area contributed by atoms with Gasteiger partial charge in [-0.05, 0) is 0 Å². The number of nitrogens with zero attached hydrogens (tertiary/aromatic N) is 3. The molecule has 4 nitrogen and oxygen atoms in total. The van der Waals surface area contributed by atoms with E-state index in [-0.39, 0.29) is 16.9 Å². The third kappa shape index (κ3) is 2.23. The summed E-state index contributed by atoms with van der Waals surface area (Å²) in [4.78, 5) is 10.7. The normalized spacial score (nSPS) is 11.8. The Morgan fingerprint density at radius 2 is 1.94 bits per heavy atom. The van der Waals surface area contributed by atoms with Gasteiger partial charge in [0.2, 0.25) is 5.88 Å². The number of pyridine rings is 1. The van der Waals surface area contributed by atoms with E-state index >= 15 is 0 Å². The van der Waals surface area contributed by atoms with E-state index in [0.717, 1.165) is 6.20 Å². The van der Waals surface area contributed by atoms with Crippen molar-refractivity contribution in [2.45, 2.75) is 6.18 Å². The second kappa shape index (κ2) is 3.99. The molecular weight excluding hydrogens is 259 g/mol. The van der Waals surface area contributed by atoms with Crippen LogP contribution in [0.15, 0.2) is 12.3 Å². The molecule has 0 aliphatic carbocycles. The van der Waals surface area contributed by atoms with Gasteiger partial charge in [0.05, 0.1) is 18.8 Å². The number of hydrogen-bond donors (Lipinski definition) is 0. The van der Waals surface area contributed by atoms with Crippen molar-refractivity contribution in [2.24, 2.45) is 0 Å². The fourth-order valence-corrected chi connectivity index (χ4v) is 1.45. The third-order valence-corrected chi connectivity index (χ3v) is 2.22. The molecule has 2 aromatic rings. The van der Waals surface area contributed by atoms with E-state index in [1.54, 1.807) is 0 Å². The van der Waals surface area contributed by atoms with E-state index in [2.05, 4.69) is 15.0 Å². The highest BCUT2D eigenvalue weighted by molar-refractivity contribution is 6.30. The molecule has 0 aliphatic rings. The maximum absolute atomic E-state index is 12.5. The molecule has 0 atom stereocenters. The Bertz CT molecular complexity index is 573. The molecule has 2 rings (SSSR count). The molecular formula is C9H5ClF3N3O. The van der Waals surface area contributed by atoms with Crippen LogP contribution < -0.4 is 4.74 Å². The number of ether oxygens (including phenoxy) is 1. The van der Waals surface area contributed by atoms with Crippen molar-refractivity contribution in [1.82, 2.24) is 15.0 Å². The minimum atomic E-state index is -4.64. The number of hydrogen-bond acceptors (Lipinski definition) is 4. The number of methoxy groups -OCH3 is 1. The Hall–Kier alpha value is -1.63. The summed E-state index contributed by atoms with van der Waals surface area (Å²) < 4.78 is 42.3. The second-order valence-corrected chi connectivity index (χ2v) is 3.43. The first-order chi connectivity index (χ1) is 7.91. The molecule has 2 aromatic heterocycles. The smallest absolute Gasteiger partial charge is 0.436 e. The molecule has 90 valence electrons. The quantitative estimate of drug-likeness (QED) is 0.794. The molecule has 0 amide bonds. The minimum Gasteiger partial charge on any atom is -0.481 e. The van der Waals surface area contributed by atoms with Gasteiger partial charge in [-0.2, -0.15) is 13.2 Å². The van der Waals surface area contributed by atoms with E-state index < -0.39 is 17.0 Å². The standard InChI is InChI=1S/C9H5ClF3N3O/c1-17-6-2-4-5(3-14-6)15-7(8(10)16-4)9(11,12)13/h2-3H,1H3. The molecule has 0 unspecified atom stereocenters. The topological polar surface area (TPSA) is 47.9 Å². The molecule has 2 heterocycles. The molecule has 0 spiro atoms. The highest BCUT2D eigenvalue weighted by Crippen LogP contribution is 2.33. The lowest BCUT2D eigenvalue weighted by Gasteiger charge is -2.08. The highest BCUT2D eigenvalue weighted by Gasteiger charge is 2.36. The zero-order valence-electron chi connectivity index (χ0n) is 8.42. The molecule has 0 aromatic carbocycles. The first-order valence-corrected chi connectivity index (χ1v) is 4.74. The van der Waals surface area contributed by atoms with Crippen molar-refractivity contribution < 1.29 is 17.9 Å². The number of alkyl halides is 3. The Kier molecular flexibility index (Phi) is 2.78. The van der Waals surface area contributed by atoms with Crippen LogP contribution in [0.1, 0.15) is 5.69 Å². The van der Waals surface area contributed by atoms with Crippen LogP contribution in [0, 0.1) is 0 Å². The van der Waals surface area contributed by atoms with Gasteiger partial charge in [-0.3, -0.25) is 0 Å². The van der Waals surface area contributed by atoms with Gasteiger partial charge in [0.1, 0.15) is 5.52 Å². The van der Waals surface area contributed by atoms with E-state index in [1.807, 2.05) is 0 Å². The largest absolute Gasteiger partial charge is 0.481 e. The predicted molar refractivity (Wildman–Crippen MR) is 53.9 cm³/mol. The summed E-state index contributed by atoms with van der Waals surface area (Å²) in [5, 5.41) is -0.696. The number of halogens is 4. The van der Waals surface area contributed by atoms with E-state index in [0.29, 0.717) is 0 Å². The molecule has 0 N–H and O–H groups in total. The zero-order valence-corrected chi connectivity index (χ0v) is 9.17. The average molecular weight is 264 g/mol. The van der Waals surface area contributed by atoms with Crippen molar-refractivity contribution in [3.8, 4) is 5.88 Å². The van der Waals surface area contributed by atoms with Gasteiger partial charge in [0.15, 0.2) is 10.8 Å². The van der Waals surface area contributed by atoms with E-state index in [4.69, 9.17) is 16.3 Å². The van der Waals surface area contributed by atoms with Crippen LogP contribution in [0.3, 0.4) is 0 Å². The Morgan fingerprint density at radius 1 is 1.24 bits per heavy atom. The van der Waals surface area contributed by atoms with Gasteiger partial charge >= 0.3 is 6.18 Å². The van der Waals surface area contributed by atoms with Gasteiger partial charge in [-0.15, -0.1) is 0 Å². The summed E-state index contributed by atoms with van der Waals surface area (Å²) in [5.74, 6) is 0.225. The zero-order chi connectivity index (χ0) is 12.6. The summed E-state index contributed by atoms with van der Waals surface area (Å²) >= 11 is 5.43. The summed E-state index contributed by atoms with van der Waals surface area (Å²) in [6.45, 7) is 0. The van der Waals surface area contributed by atoms with Crippen molar-refractivity contribution in [1.29, 1.82) is 0 Å². The van der Waals surface area contributed by atoms with E-state index in [9.17, 15) is 13.2 Å².